The van der Waals surface area contributed by atoms with Crippen LogP contribution in [-0.2, 0) is 0 Å². The van der Waals surface area contributed by atoms with Crippen molar-refractivity contribution in [3.05, 3.63) is 72.4 Å². The zero-order chi connectivity index (χ0) is 15.4. The van der Waals surface area contributed by atoms with Gasteiger partial charge in [0.1, 0.15) is 5.75 Å². The molecule has 4 nitrogen and oxygen atoms in total. The fourth-order valence-electron chi connectivity index (χ4n) is 2.30. The quantitative estimate of drug-likeness (QED) is 0.735. The predicted molar refractivity (Wildman–Crippen MR) is 85.8 cm³/mol. The number of aromatic nitrogens is 3. The number of pyridine rings is 1. The molecule has 0 amide bonds. The Morgan fingerprint density at radius 1 is 0.909 bits per heavy atom. The summed E-state index contributed by atoms with van der Waals surface area (Å²) in [6.07, 6.45) is 7.25. The van der Waals surface area contributed by atoms with Crippen molar-refractivity contribution in [1.82, 2.24) is 15.0 Å². The van der Waals surface area contributed by atoms with E-state index >= 15 is 0 Å². The van der Waals surface area contributed by atoms with Crippen LogP contribution in [0.1, 0.15) is 24.1 Å². The van der Waals surface area contributed by atoms with Crippen molar-refractivity contribution in [3.8, 4) is 17.0 Å². The fraction of sp³-hybridized carbons (Fsp3) is 0.167. The molecule has 0 bridgehead atoms. The van der Waals surface area contributed by atoms with E-state index in [1.807, 2.05) is 48.8 Å². The molecule has 2 heterocycles. The van der Waals surface area contributed by atoms with Crippen LogP contribution >= 0.6 is 0 Å². The van der Waals surface area contributed by atoms with Gasteiger partial charge in [-0.3, -0.25) is 15.0 Å². The number of nitrogens with zero attached hydrogens (tertiary/aromatic N) is 3. The van der Waals surface area contributed by atoms with Crippen LogP contribution in [0.25, 0.3) is 11.3 Å². The molecule has 0 N–H and O–H groups in total. The minimum absolute atomic E-state index is 0.195. The Balaban J connectivity index is 1.83. The lowest BCUT2D eigenvalue weighted by Crippen LogP contribution is -2.00. The van der Waals surface area contributed by atoms with Crippen LogP contribution in [0.4, 0.5) is 0 Å². The first-order valence-corrected chi connectivity index (χ1v) is 7.14. The number of rotatable bonds is 4. The molecule has 3 rings (SSSR count). The molecule has 0 aliphatic heterocycles. The monoisotopic (exact) mass is 291 g/mol. The molecular formula is C18H17N3O. The lowest BCUT2D eigenvalue weighted by Gasteiger charge is -2.11. The van der Waals surface area contributed by atoms with Crippen molar-refractivity contribution in [1.29, 1.82) is 0 Å². The van der Waals surface area contributed by atoms with Crippen molar-refractivity contribution in [3.63, 3.8) is 0 Å². The van der Waals surface area contributed by atoms with Crippen LogP contribution in [0.15, 0.2) is 61.2 Å². The summed E-state index contributed by atoms with van der Waals surface area (Å²) < 4.78 is 5.16. The smallest absolute Gasteiger partial charge is 0.118 e. The lowest BCUT2D eigenvalue weighted by atomic mass is 9.99. The van der Waals surface area contributed by atoms with Crippen molar-refractivity contribution in [2.24, 2.45) is 0 Å². The van der Waals surface area contributed by atoms with Crippen LogP contribution in [0.2, 0.25) is 0 Å². The molecule has 110 valence electrons. The summed E-state index contributed by atoms with van der Waals surface area (Å²) in [6.45, 7) is 2.12. The average molecular weight is 291 g/mol. The van der Waals surface area contributed by atoms with E-state index in [-0.39, 0.29) is 5.92 Å². The van der Waals surface area contributed by atoms with E-state index in [0.29, 0.717) is 0 Å². The van der Waals surface area contributed by atoms with Gasteiger partial charge >= 0.3 is 0 Å². The van der Waals surface area contributed by atoms with E-state index < -0.39 is 0 Å². The molecule has 0 fully saturated rings. The molecule has 4 heteroatoms. The number of methoxy groups -OCH3 is 1. The van der Waals surface area contributed by atoms with Gasteiger partial charge in [-0.05, 0) is 42.0 Å². The van der Waals surface area contributed by atoms with Gasteiger partial charge in [0.2, 0.25) is 0 Å². The van der Waals surface area contributed by atoms with Gasteiger partial charge in [-0.15, -0.1) is 0 Å². The highest BCUT2D eigenvalue weighted by Crippen LogP contribution is 2.24. The van der Waals surface area contributed by atoms with Gasteiger partial charge in [-0.2, -0.15) is 0 Å². The zero-order valence-corrected chi connectivity index (χ0v) is 12.6. The van der Waals surface area contributed by atoms with E-state index in [1.165, 1.54) is 5.56 Å². The van der Waals surface area contributed by atoms with Crippen molar-refractivity contribution >= 4 is 0 Å². The maximum Gasteiger partial charge on any atom is 0.118 e. The van der Waals surface area contributed by atoms with E-state index in [1.54, 1.807) is 19.5 Å². The predicted octanol–water partition coefficient (Wildman–Crippen LogP) is 3.70. The van der Waals surface area contributed by atoms with Gasteiger partial charge in [0.15, 0.2) is 0 Å². The van der Waals surface area contributed by atoms with E-state index in [2.05, 4.69) is 21.9 Å². The lowest BCUT2D eigenvalue weighted by molar-refractivity contribution is 0.415. The molecule has 1 atom stereocenters. The molecule has 0 aliphatic carbocycles. The molecule has 1 unspecified atom stereocenters. The van der Waals surface area contributed by atoms with Crippen molar-refractivity contribution in [2.75, 3.05) is 7.11 Å². The largest absolute Gasteiger partial charge is 0.497 e. The second-order valence-electron chi connectivity index (χ2n) is 5.06. The summed E-state index contributed by atoms with van der Waals surface area (Å²) in [4.78, 5) is 13.1. The zero-order valence-electron chi connectivity index (χ0n) is 12.6. The second kappa shape index (κ2) is 6.35. The summed E-state index contributed by atoms with van der Waals surface area (Å²) in [6, 6.07) is 11.8. The highest BCUT2D eigenvalue weighted by atomic mass is 16.5. The van der Waals surface area contributed by atoms with Gasteiger partial charge in [0, 0.05) is 30.1 Å². The Bertz CT molecular complexity index is 725. The van der Waals surface area contributed by atoms with Gasteiger partial charge in [-0.25, -0.2) is 0 Å². The number of ether oxygens (including phenoxy) is 1. The van der Waals surface area contributed by atoms with Crippen LogP contribution in [0, 0.1) is 0 Å². The molecule has 0 radical (unpaired) electrons. The normalized spacial score (nSPS) is 11.9. The third-order valence-electron chi connectivity index (χ3n) is 3.71. The summed E-state index contributed by atoms with van der Waals surface area (Å²) in [5.41, 5.74) is 4.01. The van der Waals surface area contributed by atoms with Crippen molar-refractivity contribution < 1.29 is 4.74 Å². The Labute approximate surface area is 129 Å². The first-order valence-electron chi connectivity index (χ1n) is 7.14. The molecule has 0 saturated carbocycles. The molecule has 0 aliphatic rings. The molecule has 3 aromatic rings. The summed E-state index contributed by atoms with van der Waals surface area (Å²) in [7, 11) is 1.66. The molecule has 1 aromatic carbocycles. The number of hydrogen-bond acceptors (Lipinski definition) is 4. The Hall–Kier alpha value is -2.75. The van der Waals surface area contributed by atoms with Crippen LogP contribution in [0.5, 0.6) is 5.75 Å². The number of hydrogen-bond donors (Lipinski definition) is 0. The van der Waals surface area contributed by atoms with Crippen LogP contribution < -0.4 is 4.74 Å². The highest BCUT2D eigenvalue weighted by molar-refractivity contribution is 5.59. The summed E-state index contributed by atoms with van der Waals surface area (Å²) >= 11 is 0. The van der Waals surface area contributed by atoms with Crippen molar-refractivity contribution in [2.45, 2.75) is 12.8 Å². The van der Waals surface area contributed by atoms with Gasteiger partial charge in [0.25, 0.3) is 0 Å². The molecule has 2 aromatic heterocycles. The van der Waals surface area contributed by atoms with Crippen LogP contribution in [-0.4, -0.2) is 22.1 Å². The third-order valence-corrected chi connectivity index (χ3v) is 3.71. The minimum atomic E-state index is 0.195. The fourth-order valence-corrected chi connectivity index (χ4v) is 2.30. The number of benzene rings is 1. The van der Waals surface area contributed by atoms with E-state index in [9.17, 15) is 0 Å². The van der Waals surface area contributed by atoms with E-state index in [4.69, 9.17) is 4.74 Å². The van der Waals surface area contributed by atoms with Crippen LogP contribution in [0.3, 0.4) is 0 Å². The summed E-state index contributed by atoms with van der Waals surface area (Å²) in [5, 5.41) is 0. The second-order valence-corrected chi connectivity index (χ2v) is 5.06. The Morgan fingerprint density at radius 2 is 1.64 bits per heavy atom. The topological polar surface area (TPSA) is 47.9 Å². The molecule has 0 spiro atoms. The van der Waals surface area contributed by atoms with E-state index in [0.717, 1.165) is 22.7 Å². The SMILES string of the molecule is COc1ccc(-c2cnc(C(C)c3ccncc3)cn2)cc1. The van der Waals surface area contributed by atoms with Gasteiger partial charge in [-0.1, -0.05) is 6.92 Å². The highest BCUT2D eigenvalue weighted by Gasteiger charge is 2.10. The standard InChI is InChI=1S/C18H17N3O/c1-13(14-7-9-19-10-8-14)17-11-21-18(12-20-17)15-3-5-16(22-2)6-4-15/h3-13H,1-2H3. The minimum Gasteiger partial charge on any atom is -0.497 e. The Kier molecular flexibility index (Phi) is 4.10. The van der Waals surface area contributed by atoms with Gasteiger partial charge in [0.05, 0.1) is 24.7 Å². The molecule has 0 saturated heterocycles. The average Bonchev–Trinajstić information content (AvgIpc) is 2.62. The molecule has 22 heavy (non-hydrogen) atoms. The third kappa shape index (κ3) is 2.96. The maximum atomic E-state index is 5.16. The first-order chi connectivity index (χ1) is 10.8. The Morgan fingerprint density at radius 3 is 2.23 bits per heavy atom. The first kappa shape index (κ1) is 14.2. The maximum absolute atomic E-state index is 5.16. The summed E-state index contributed by atoms with van der Waals surface area (Å²) in [5.74, 6) is 1.03. The molecular weight excluding hydrogens is 274 g/mol. The van der Waals surface area contributed by atoms with Gasteiger partial charge < -0.3 is 4.74 Å².